The van der Waals surface area contributed by atoms with Gasteiger partial charge in [0, 0.05) is 25.1 Å². The molecular formula is C28H32FN3O5S. The summed E-state index contributed by atoms with van der Waals surface area (Å²) in [7, 11) is -2.40. The van der Waals surface area contributed by atoms with Crippen molar-refractivity contribution < 1.29 is 27.1 Å². The van der Waals surface area contributed by atoms with Crippen molar-refractivity contribution >= 4 is 27.5 Å². The number of halogens is 1. The third kappa shape index (κ3) is 7.55. The quantitative estimate of drug-likeness (QED) is 0.379. The van der Waals surface area contributed by atoms with Crippen LogP contribution in [-0.4, -0.2) is 57.6 Å². The number of hydrogen-bond donors (Lipinski definition) is 1. The van der Waals surface area contributed by atoms with Gasteiger partial charge >= 0.3 is 0 Å². The summed E-state index contributed by atoms with van der Waals surface area (Å²) in [5.41, 5.74) is 1.26. The Morgan fingerprint density at radius 3 is 2.18 bits per heavy atom. The second-order valence-corrected chi connectivity index (χ2v) is 10.6. The van der Waals surface area contributed by atoms with Crippen LogP contribution < -0.4 is 14.4 Å². The highest BCUT2D eigenvalue weighted by molar-refractivity contribution is 7.92. The molecule has 0 heterocycles. The molecule has 1 atom stereocenters. The number of benzene rings is 3. The van der Waals surface area contributed by atoms with Crippen LogP contribution in [0.15, 0.2) is 78.9 Å². The lowest BCUT2D eigenvalue weighted by molar-refractivity contribution is -0.140. The third-order valence-electron chi connectivity index (χ3n) is 5.96. The first-order valence-corrected chi connectivity index (χ1v) is 13.9. The molecule has 1 N–H and O–H groups in total. The Hall–Kier alpha value is -3.92. The molecule has 0 saturated carbocycles. The smallest absolute Gasteiger partial charge is 0.244 e. The van der Waals surface area contributed by atoms with E-state index in [9.17, 15) is 22.4 Å². The zero-order valence-corrected chi connectivity index (χ0v) is 22.4. The van der Waals surface area contributed by atoms with Gasteiger partial charge in [0.05, 0.1) is 19.1 Å². The summed E-state index contributed by atoms with van der Waals surface area (Å²) in [6.45, 7) is 1.29. The van der Waals surface area contributed by atoms with Crippen LogP contribution in [-0.2, 0) is 32.6 Å². The van der Waals surface area contributed by atoms with Crippen LogP contribution in [0.3, 0.4) is 0 Å². The first-order valence-electron chi connectivity index (χ1n) is 12.1. The normalized spacial score (nSPS) is 11.9. The molecule has 0 radical (unpaired) electrons. The minimum atomic E-state index is -3.89. The van der Waals surface area contributed by atoms with Crippen molar-refractivity contribution in [1.82, 2.24) is 10.2 Å². The molecule has 8 nitrogen and oxygen atoms in total. The lowest BCUT2D eigenvalue weighted by Gasteiger charge is -2.33. The number of amides is 2. The van der Waals surface area contributed by atoms with Gasteiger partial charge in [-0.15, -0.1) is 0 Å². The number of anilines is 1. The Kier molecular flexibility index (Phi) is 9.84. The highest BCUT2D eigenvalue weighted by Gasteiger charge is 2.33. The maximum Gasteiger partial charge on any atom is 0.244 e. The summed E-state index contributed by atoms with van der Waals surface area (Å²) in [6, 6.07) is 20.3. The summed E-state index contributed by atoms with van der Waals surface area (Å²) in [5, 5.41) is 2.76. The second kappa shape index (κ2) is 13.0. The van der Waals surface area contributed by atoms with Gasteiger partial charge in [-0.25, -0.2) is 12.8 Å². The first kappa shape index (κ1) is 28.6. The van der Waals surface area contributed by atoms with Crippen LogP contribution in [0.4, 0.5) is 10.1 Å². The molecule has 0 spiro atoms. The average Bonchev–Trinajstić information content (AvgIpc) is 2.90. The highest BCUT2D eigenvalue weighted by Crippen LogP contribution is 2.23. The number of hydrogen-bond acceptors (Lipinski definition) is 5. The number of ether oxygens (including phenoxy) is 1. The number of nitrogens with zero attached hydrogens (tertiary/aromatic N) is 2. The Bertz CT molecular complexity index is 1330. The maximum absolute atomic E-state index is 14.7. The molecule has 0 saturated heterocycles. The minimum Gasteiger partial charge on any atom is -0.497 e. The zero-order valence-electron chi connectivity index (χ0n) is 21.6. The molecule has 0 aliphatic heterocycles. The van der Waals surface area contributed by atoms with Gasteiger partial charge in [-0.1, -0.05) is 48.5 Å². The summed E-state index contributed by atoms with van der Waals surface area (Å²) in [5.74, 6) is -1.08. The molecule has 0 aliphatic rings. The molecule has 38 heavy (non-hydrogen) atoms. The monoisotopic (exact) mass is 541 g/mol. The van der Waals surface area contributed by atoms with Gasteiger partial charge in [-0.2, -0.15) is 0 Å². The molecule has 202 valence electrons. The molecule has 10 heteroatoms. The van der Waals surface area contributed by atoms with Gasteiger partial charge in [0.1, 0.15) is 24.2 Å². The van der Waals surface area contributed by atoms with Crippen molar-refractivity contribution in [2.24, 2.45) is 0 Å². The number of nitrogens with one attached hydrogen (secondary N) is 1. The fourth-order valence-electron chi connectivity index (χ4n) is 4.02. The number of rotatable bonds is 12. The van der Waals surface area contributed by atoms with E-state index in [0.717, 1.165) is 16.1 Å². The summed E-state index contributed by atoms with van der Waals surface area (Å²) in [4.78, 5) is 28.3. The molecule has 0 aliphatic carbocycles. The van der Waals surface area contributed by atoms with Crippen molar-refractivity contribution in [3.8, 4) is 5.75 Å². The lowest BCUT2D eigenvalue weighted by atomic mass is 10.0. The van der Waals surface area contributed by atoms with E-state index in [0.29, 0.717) is 12.3 Å². The van der Waals surface area contributed by atoms with E-state index in [1.165, 1.54) is 42.3 Å². The topological polar surface area (TPSA) is 96.0 Å². The van der Waals surface area contributed by atoms with E-state index in [2.05, 4.69) is 5.32 Å². The van der Waals surface area contributed by atoms with Crippen molar-refractivity contribution in [1.29, 1.82) is 0 Å². The van der Waals surface area contributed by atoms with Crippen LogP contribution >= 0.6 is 0 Å². The maximum atomic E-state index is 14.7. The number of carbonyl (C=O) groups is 2. The molecule has 0 aromatic heterocycles. The summed E-state index contributed by atoms with van der Waals surface area (Å²) >= 11 is 0. The van der Waals surface area contributed by atoms with E-state index in [1.807, 2.05) is 30.3 Å². The molecule has 0 bridgehead atoms. The Labute approximate surface area is 223 Å². The predicted molar refractivity (Wildman–Crippen MR) is 145 cm³/mol. The van der Waals surface area contributed by atoms with E-state index in [4.69, 9.17) is 4.74 Å². The Morgan fingerprint density at radius 2 is 1.61 bits per heavy atom. The zero-order chi connectivity index (χ0) is 27.7. The summed E-state index contributed by atoms with van der Waals surface area (Å²) < 4.78 is 46.3. The number of methoxy groups -OCH3 is 1. The Morgan fingerprint density at radius 1 is 0.974 bits per heavy atom. The molecule has 0 fully saturated rings. The molecule has 0 unspecified atom stereocenters. The van der Waals surface area contributed by atoms with Crippen LogP contribution in [0.5, 0.6) is 5.75 Å². The standard InChI is InChI=1S/C28H32FN3O5S/c1-4-30-28(34)26(18-21-10-6-5-7-11-21)31(19-22-12-8-9-13-25(22)29)27(33)20-32(38(3,35)36)23-14-16-24(37-2)17-15-23/h5-17,26H,4,18-20H2,1-3H3,(H,30,34)/t26-/m1/s1. The van der Waals surface area contributed by atoms with E-state index in [1.54, 1.807) is 25.1 Å². The molecule has 3 aromatic carbocycles. The minimum absolute atomic E-state index is 0.161. The first-order chi connectivity index (χ1) is 18.1. The predicted octanol–water partition coefficient (Wildman–Crippen LogP) is 3.38. The van der Waals surface area contributed by atoms with Gasteiger partial charge in [0.15, 0.2) is 0 Å². The molecule has 3 aromatic rings. The average molecular weight is 542 g/mol. The fraction of sp³-hybridized carbons (Fsp3) is 0.286. The van der Waals surface area contributed by atoms with Crippen molar-refractivity contribution in [3.63, 3.8) is 0 Å². The van der Waals surface area contributed by atoms with Crippen LogP contribution in [0.25, 0.3) is 0 Å². The van der Waals surface area contributed by atoms with Gasteiger partial charge in [0.2, 0.25) is 21.8 Å². The van der Waals surface area contributed by atoms with E-state index >= 15 is 0 Å². The number of carbonyl (C=O) groups excluding carboxylic acids is 2. The second-order valence-electron chi connectivity index (χ2n) is 8.68. The van der Waals surface area contributed by atoms with Crippen LogP contribution in [0.1, 0.15) is 18.1 Å². The van der Waals surface area contributed by atoms with Crippen LogP contribution in [0.2, 0.25) is 0 Å². The third-order valence-corrected chi connectivity index (χ3v) is 7.10. The van der Waals surface area contributed by atoms with Gasteiger partial charge in [-0.3, -0.25) is 13.9 Å². The van der Waals surface area contributed by atoms with Crippen molar-refractivity contribution in [2.75, 3.05) is 30.8 Å². The SMILES string of the molecule is CCNC(=O)[C@@H](Cc1ccccc1)N(Cc1ccccc1F)C(=O)CN(c1ccc(OC)cc1)S(C)(=O)=O. The fourth-order valence-corrected chi connectivity index (χ4v) is 4.87. The molecule has 2 amide bonds. The van der Waals surface area contributed by atoms with Crippen molar-refractivity contribution in [3.05, 3.63) is 95.8 Å². The molecular weight excluding hydrogens is 509 g/mol. The highest BCUT2D eigenvalue weighted by atomic mass is 32.2. The molecule has 3 rings (SSSR count). The summed E-state index contributed by atoms with van der Waals surface area (Å²) in [6.07, 6.45) is 1.16. The van der Waals surface area contributed by atoms with E-state index in [-0.39, 0.29) is 24.2 Å². The van der Waals surface area contributed by atoms with Crippen molar-refractivity contribution in [2.45, 2.75) is 25.9 Å². The number of likely N-dealkylation sites (N-methyl/N-ethyl adjacent to an activating group) is 1. The van der Waals surface area contributed by atoms with Gasteiger partial charge in [0.25, 0.3) is 0 Å². The van der Waals surface area contributed by atoms with Crippen LogP contribution in [0, 0.1) is 5.82 Å². The van der Waals surface area contributed by atoms with Gasteiger partial charge < -0.3 is 15.0 Å². The lowest BCUT2D eigenvalue weighted by Crippen LogP contribution is -2.53. The Balaban J connectivity index is 2.03. The largest absolute Gasteiger partial charge is 0.497 e. The van der Waals surface area contributed by atoms with Gasteiger partial charge in [-0.05, 0) is 42.8 Å². The van der Waals surface area contributed by atoms with E-state index < -0.39 is 40.2 Å². The number of sulfonamides is 1.